The fraction of sp³-hybridized carbons (Fsp3) is 0.556. The molecule has 0 saturated carbocycles. The number of rotatable bonds is 5. The topological polar surface area (TPSA) is 34.4 Å². The van der Waals surface area contributed by atoms with E-state index in [0.29, 0.717) is 0 Å². The van der Waals surface area contributed by atoms with E-state index < -0.39 is 0 Å². The third-order valence-corrected chi connectivity index (χ3v) is 1.73. The number of methoxy groups -OCH3 is 1. The van der Waals surface area contributed by atoms with Crippen LogP contribution in [0, 0.1) is 0 Å². The van der Waals surface area contributed by atoms with Crippen LogP contribution in [-0.2, 0) is 4.74 Å². The zero-order chi connectivity index (χ0) is 8.81. The molecule has 0 aliphatic heterocycles. The molecule has 0 spiro atoms. The third-order valence-electron chi connectivity index (χ3n) is 1.73. The highest BCUT2D eigenvalue weighted by Crippen LogP contribution is 2.11. The second-order valence-electron chi connectivity index (χ2n) is 2.68. The van der Waals surface area contributed by atoms with Crippen molar-refractivity contribution in [1.29, 1.82) is 0 Å². The standard InChI is InChI=1S/C9H15NO2/c1-8(10-5-7-11-2)9-4-3-6-12-9/h3-4,6,8,10H,5,7H2,1-2H3/t8-/m0/s1. The highest BCUT2D eigenvalue weighted by molar-refractivity contribution is 5.02. The van der Waals surface area contributed by atoms with Gasteiger partial charge in [-0.2, -0.15) is 0 Å². The van der Waals surface area contributed by atoms with E-state index in [9.17, 15) is 0 Å². The summed E-state index contributed by atoms with van der Waals surface area (Å²) in [6.07, 6.45) is 1.68. The Hall–Kier alpha value is -0.800. The summed E-state index contributed by atoms with van der Waals surface area (Å²) in [5, 5.41) is 3.27. The highest BCUT2D eigenvalue weighted by Gasteiger charge is 2.05. The first-order chi connectivity index (χ1) is 5.84. The van der Waals surface area contributed by atoms with Crippen LogP contribution in [0.4, 0.5) is 0 Å². The van der Waals surface area contributed by atoms with Gasteiger partial charge in [-0.3, -0.25) is 0 Å². The van der Waals surface area contributed by atoms with Gasteiger partial charge in [-0.25, -0.2) is 0 Å². The smallest absolute Gasteiger partial charge is 0.120 e. The minimum atomic E-state index is 0.259. The van der Waals surface area contributed by atoms with Gasteiger partial charge < -0.3 is 14.5 Å². The molecule has 1 aromatic rings. The van der Waals surface area contributed by atoms with Gasteiger partial charge in [0.2, 0.25) is 0 Å². The van der Waals surface area contributed by atoms with Gasteiger partial charge in [0.25, 0.3) is 0 Å². The lowest BCUT2D eigenvalue weighted by Crippen LogP contribution is -2.22. The molecule has 1 aromatic heterocycles. The predicted molar refractivity (Wildman–Crippen MR) is 47.0 cm³/mol. The molecule has 1 heterocycles. The summed E-state index contributed by atoms with van der Waals surface area (Å²) in [6, 6.07) is 4.11. The maximum Gasteiger partial charge on any atom is 0.120 e. The van der Waals surface area contributed by atoms with E-state index in [1.54, 1.807) is 13.4 Å². The van der Waals surface area contributed by atoms with Crippen molar-refractivity contribution in [3.8, 4) is 0 Å². The predicted octanol–water partition coefficient (Wildman–Crippen LogP) is 1.58. The summed E-state index contributed by atoms with van der Waals surface area (Å²) in [7, 11) is 1.69. The van der Waals surface area contributed by atoms with E-state index in [4.69, 9.17) is 9.15 Å². The molecule has 0 unspecified atom stereocenters. The molecule has 0 aromatic carbocycles. The van der Waals surface area contributed by atoms with Crippen molar-refractivity contribution in [2.24, 2.45) is 0 Å². The molecular formula is C9H15NO2. The second-order valence-corrected chi connectivity index (χ2v) is 2.68. The van der Waals surface area contributed by atoms with Crippen LogP contribution < -0.4 is 5.32 Å². The molecule has 0 radical (unpaired) electrons. The quantitative estimate of drug-likeness (QED) is 0.679. The molecule has 12 heavy (non-hydrogen) atoms. The first-order valence-electron chi connectivity index (χ1n) is 4.10. The normalized spacial score (nSPS) is 13.2. The van der Waals surface area contributed by atoms with Crippen molar-refractivity contribution in [2.45, 2.75) is 13.0 Å². The van der Waals surface area contributed by atoms with E-state index in [1.807, 2.05) is 12.1 Å². The largest absolute Gasteiger partial charge is 0.468 e. The lowest BCUT2D eigenvalue weighted by atomic mass is 10.2. The first-order valence-corrected chi connectivity index (χ1v) is 4.10. The fourth-order valence-corrected chi connectivity index (χ4v) is 1.02. The van der Waals surface area contributed by atoms with Gasteiger partial charge >= 0.3 is 0 Å². The highest BCUT2D eigenvalue weighted by atomic mass is 16.5. The minimum Gasteiger partial charge on any atom is -0.468 e. The Morgan fingerprint density at radius 1 is 1.67 bits per heavy atom. The third kappa shape index (κ3) is 2.68. The van der Waals surface area contributed by atoms with Crippen LogP contribution in [0.1, 0.15) is 18.7 Å². The van der Waals surface area contributed by atoms with Crippen LogP contribution in [0.25, 0.3) is 0 Å². The Labute approximate surface area is 72.7 Å². The molecule has 1 rings (SSSR count). The molecule has 0 aliphatic carbocycles. The van der Waals surface area contributed by atoms with Gasteiger partial charge in [0.1, 0.15) is 5.76 Å². The maximum atomic E-state index is 5.22. The van der Waals surface area contributed by atoms with Gasteiger partial charge in [0.15, 0.2) is 0 Å². The molecule has 0 amide bonds. The van der Waals surface area contributed by atoms with Crippen molar-refractivity contribution in [3.63, 3.8) is 0 Å². The second kappa shape index (κ2) is 4.95. The van der Waals surface area contributed by atoms with Crippen LogP contribution in [0.3, 0.4) is 0 Å². The SMILES string of the molecule is COCCN[C@@H](C)c1ccco1. The Kier molecular flexibility index (Phi) is 3.84. The summed E-state index contributed by atoms with van der Waals surface area (Å²) in [5.74, 6) is 0.964. The molecule has 3 nitrogen and oxygen atoms in total. The number of furan rings is 1. The number of hydrogen-bond donors (Lipinski definition) is 1. The molecule has 1 atom stereocenters. The molecule has 3 heteroatoms. The van der Waals surface area contributed by atoms with Crippen LogP contribution in [0.2, 0.25) is 0 Å². The van der Waals surface area contributed by atoms with Crippen molar-refractivity contribution in [2.75, 3.05) is 20.3 Å². The van der Waals surface area contributed by atoms with Crippen molar-refractivity contribution in [1.82, 2.24) is 5.32 Å². The summed E-state index contributed by atoms with van der Waals surface area (Å²) >= 11 is 0. The van der Waals surface area contributed by atoms with Gasteiger partial charge in [-0.1, -0.05) is 0 Å². The van der Waals surface area contributed by atoms with Crippen molar-refractivity contribution in [3.05, 3.63) is 24.2 Å². The Morgan fingerprint density at radius 3 is 3.08 bits per heavy atom. The van der Waals surface area contributed by atoms with E-state index in [2.05, 4.69) is 12.2 Å². The molecule has 0 bridgehead atoms. The van der Waals surface area contributed by atoms with E-state index in [0.717, 1.165) is 18.9 Å². The van der Waals surface area contributed by atoms with Crippen molar-refractivity contribution < 1.29 is 9.15 Å². The summed E-state index contributed by atoms with van der Waals surface area (Å²) in [5.41, 5.74) is 0. The maximum absolute atomic E-state index is 5.22. The van der Waals surface area contributed by atoms with Crippen molar-refractivity contribution >= 4 is 0 Å². The number of hydrogen-bond acceptors (Lipinski definition) is 3. The first kappa shape index (κ1) is 9.29. The summed E-state index contributed by atoms with van der Waals surface area (Å²) in [6.45, 7) is 3.64. The monoisotopic (exact) mass is 169 g/mol. The average Bonchev–Trinajstić information content (AvgIpc) is 2.56. The van der Waals surface area contributed by atoms with Gasteiger partial charge in [0, 0.05) is 13.7 Å². The molecule has 68 valence electrons. The Bertz CT molecular complexity index is 196. The van der Waals surface area contributed by atoms with E-state index in [-0.39, 0.29) is 6.04 Å². The van der Waals surface area contributed by atoms with Gasteiger partial charge in [0.05, 0.1) is 18.9 Å². The summed E-state index contributed by atoms with van der Waals surface area (Å²) in [4.78, 5) is 0. The zero-order valence-electron chi connectivity index (χ0n) is 7.54. The van der Waals surface area contributed by atoms with Gasteiger partial charge in [-0.15, -0.1) is 0 Å². The number of nitrogens with one attached hydrogen (secondary N) is 1. The molecular weight excluding hydrogens is 154 g/mol. The molecule has 0 saturated heterocycles. The minimum absolute atomic E-state index is 0.259. The van der Waals surface area contributed by atoms with E-state index >= 15 is 0 Å². The van der Waals surface area contributed by atoms with Gasteiger partial charge in [-0.05, 0) is 19.1 Å². The fourth-order valence-electron chi connectivity index (χ4n) is 1.02. The lowest BCUT2D eigenvalue weighted by molar-refractivity contribution is 0.195. The van der Waals surface area contributed by atoms with Crippen LogP contribution >= 0.6 is 0 Å². The molecule has 0 fully saturated rings. The number of ether oxygens (including phenoxy) is 1. The zero-order valence-corrected chi connectivity index (χ0v) is 7.54. The van der Waals surface area contributed by atoms with E-state index in [1.165, 1.54) is 0 Å². The molecule has 1 N–H and O–H groups in total. The summed E-state index contributed by atoms with van der Waals surface area (Å²) < 4.78 is 10.1. The lowest BCUT2D eigenvalue weighted by Gasteiger charge is -2.09. The Balaban J connectivity index is 2.25. The van der Waals surface area contributed by atoms with Crippen LogP contribution in [0.5, 0.6) is 0 Å². The Morgan fingerprint density at radius 2 is 2.50 bits per heavy atom. The average molecular weight is 169 g/mol. The van der Waals surface area contributed by atoms with Crippen LogP contribution in [-0.4, -0.2) is 20.3 Å². The van der Waals surface area contributed by atoms with Crippen LogP contribution in [0.15, 0.2) is 22.8 Å². The molecule has 0 aliphatic rings.